The topological polar surface area (TPSA) is 88.8 Å². The van der Waals surface area contributed by atoms with Gasteiger partial charge in [-0.15, -0.1) is 0 Å². The van der Waals surface area contributed by atoms with E-state index in [1.165, 1.54) is 0 Å². The number of benzene rings is 1. The van der Waals surface area contributed by atoms with Crippen LogP contribution < -0.4 is 15.7 Å². The summed E-state index contributed by atoms with van der Waals surface area (Å²) in [5.74, 6) is 0.429. The maximum Gasteiger partial charge on any atom is 0.339 e. The Balaban J connectivity index is 2.11. The molecule has 0 aliphatic carbocycles. The minimum absolute atomic E-state index is 0.0227. The fraction of sp³-hybridized carbons (Fsp3) is 0.500. The van der Waals surface area contributed by atoms with Crippen LogP contribution in [0.1, 0.15) is 38.3 Å². The average molecular weight is 361 g/mol. The SMILES string of the molecule is COc1ccc2c(C)c(CCC(=O)NC[C@@](C)(O)C(C)C)c(=O)oc2c1. The molecule has 1 aromatic carbocycles. The summed E-state index contributed by atoms with van der Waals surface area (Å²) < 4.78 is 10.5. The lowest BCUT2D eigenvalue weighted by molar-refractivity contribution is -0.122. The van der Waals surface area contributed by atoms with E-state index in [9.17, 15) is 14.7 Å². The van der Waals surface area contributed by atoms with Gasteiger partial charge in [-0.2, -0.15) is 0 Å². The minimum Gasteiger partial charge on any atom is -0.497 e. The van der Waals surface area contributed by atoms with Crippen LogP contribution in [0.4, 0.5) is 0 Å². The van der Waals surface area contributed by atoms with Gasteiger partial charge >= 0.3 is 5.63 Å². The molecule has 1 amide bonds. The summed E-state index contributed by atoms with van der Waals surface area (Å²) in [5.41, 5.74) is 0.361. The van der Waals surface area contributed by atoms with Crippen LogP contribution in [0.3, 0.4) is 0 Å². The van der Waals surface area contributed by atoms with Gasteiger partial charge in [0, 0.05) is 30.0 Å². The van der Waals surface area contributed by atoms with Crippen LogP contribution in [0.2, 0.25) is 0 Å². The van der Waals surface area contributed by atoms with Crippen molar-refractivity contribution in [3.8, 4) is 5.75 Å². The Hall–Kier alpha value is -2.34. The average Bonchev–Trinajstić information content (AvgIpc) is 2.59. The van der Waals surface area contributed by atoms with Crippen LogP contribution in [0, 0.1) is 12.8 Å². The molecule has 1 atom stereocenters. The predicted octanol–water partition coefficient (Wildman–Crippen LogP) is 2.57. The number of fused-ring (bicyclic) bond motifs is 1. The maximum absolute atomic E-state index is 12.3. The van der Waals surface area contributed by atoms with Gasteiger partial charge < -0.3 is 19.6 Å². The molecule has 2 N–H and O–H groups in total. The predicted molar refractivity (Wildman–Crippen MR) is 101 cm³/mol. The Morgan fingerprint density at radius 2 is 2.08 bits per heavy atom. The van der Waals surface area contributed by atoms with Crippen molar-refractivity contribution >= 4 is 16.9 Å². The summed E-state index contributed by atoms with van der Waals surface area (Å²) >= 11 is 0. The van der Waals surface area contributed by atoms with Gasteiger partial charge in [0.05, 0.1) is 12.7 Å². The van der Waals surface area contributed by atoms with Gasteiger partial charge in [0.1, 0.15) is 11.3 Å². The van der Waals surface area contributed by atoms with E-state index in [1.807, 2.05) is 26.8 Å². The molecule has 0 saturated heterocycles. The number of amides is 1. The number of methoxy groups -OCH3 is 1. The molecule has 0 fully saturated rings. The lowest BCUT2D eigenvalue weighted by atomic mass is 9.92. The van der Waals surface area contributed by atoms with Gasteiger partial charge in [-0.3, -0.25) is 4.79 Å². The molecule has 1 heterocycles. The smallest absolute Gasteiger partial charge is 0.339 e. The number of carbonyl (C=O) groups excluding carboxylic acids is 1. The molecule has 6 nitrogen and oxygen atoms in total. The first-order valence-corrected chi connectivity index (χ1v) is 8.75. The third-order valence-electron chi connectivity index (χ3n) is 4.98. The van der Waals surface area contributed by atoms with E-state index in [2.05, 4.69) is 5.32 Å². The summed E-state index contributed by atoms with van der Waals surface area (Å²) in [5, 5.41) is 13.7. The lowest BCUT2D eigenvalue weighted by Gasteiger charge is -2.27. The molecular formula is C20H27NO5. The number of aliphatic hydroxyl groups is 1. The maximum atomic E-state index is 12.3. The fourth-order valence-electron chi connectivity index (χ4n) is 2.60. The zero-order chi connectivity index (χ0) is 19.5. The highest BCUT2D eigenvalue weighted by Gasteiger charge is 2.25. The van der Waals surface area contributed by atoms with Crippen molar-refractivity contribution in [3.05, 3.63) is 39.7 Å². The van der Waals surface area contributed by atoms with Gasteiger partial charge in [-0.1, -0.05) is 13.8 Å². The van der Waals surface area contributed by atoms with Crippen LogP contribution in [-0.4, -0.2) is 30.3 Å². The summed E-state index contributed by atoms with van der Waals surface area (Å²) in [6.07, 6.45) is 0.438. The Morgan fingerprint density at radius 1 is 1.38 bits per heavy atom. The van der Waals surface area contributed by atoms with Crippen molar-refractivity contribution in [2.75, 3.05) is 13.7 Å². The largest absolute Gasteiger partial charge is 0.497 e. The summed E-state index contributed by atoms with van der Waals surface area (Å²) in [7, 11) is 1.55. The first-order chi connectivity index (χ1) is 12.2. The van der Waals surface area contributed by atoms with Gasteiger partial charge in [-0.05, 0) is 43.9 Å². The first kappa shape index (κ1) is 20.0. The quantitative estimate of drug-likeness (QED) is 0.740. The zero-order valence-electron chi connectivity index (χ0n) is 16.0. The minimum atomic E-state index is -0.966. The molecule has 0 spiro atoms. The molecule has 0 radical (unpaired) electrons. The zero-order valence-corrected chi connectivity index (χ0v) is 16.0. The summed E-state index contributed by atoms with van der Waals surface area (Å²) in [6.45, 7) is 7.50. The molecule has 2 rings (SSSR count). The summed E-state index contributed by atoms with van der Waals surface area (Å²) in [4.78, 5) is 24.4. The normalized spacial score (nSPS) is 13.7. The van der Waals surface area contributed by atoms with E-state index in [-0.39, 0.29) is 31.2 Å². The van der Waals surface area contributed by atoms with Crippen molar-refractivity contribution < 1.29 is 19.1 Å². The van der Waals surface area contributed by atoms with E-state index in [0.29, 0.717) is 16.9 Å². The molecule has 26 heavy (non-hydrogen) atoms. The third-order valence-corrected chi connectivity index (χ3v) is 4.98. The van der Waals surface area contributed by atoms with Crippen molar-refractivity contribution in [3.63, 3.8) is 0 Å². The third kappa shape index (κ3) is 4.43. The number of ether oxygens (including phenoxy) is 1. The van der Waals surface area contributed by atoms with Crippen LogP contribution in [0.25, 0.3) is 11.0 Å². The monoisotopic (exact) mass is 361 g/mol. The Labute approximate surface area is 153 Å². The number of hydrogen-bond acceptors (Lipinski definition) is 5. The van der Waals surface area contributed by atoms with Gasteiger partial charge in [-0.25, -0.2) is 4.79 Å². The molecule has 0 bridgehead atoms. The highest BCUT2D eigenvalue weighted by atomic mass is 16.5. The van der Waals surface area contributed by atoms with Gasteiger partial charge in [0.2, 0.25) is 5.91 Å². The second kappa shape index (κ2) is 7.91. The van der Waals surface area contributed by atoms with E-state index in [0.717, 1.165) is 10.9 Å². The molecule has 6 heteroatoms. The Kier molecular flexibility index (Phi) is 6.08. The van der Waals surface area contributed by atoms with Gasteiger partial charge in [0.15, 0.2) is 0 Å². The number of aryl methyl sites for hydroxylation is 1. The van der Waals surface area contributed by atoms with Crippen molar-refractivity contribution in [1.82, 2.24) is 5.32 Å². The second-order valence-electron chi connectivity index (χ2n) is 7.14. The van der Waals surface area contributed by atoms with Crippen LogP contribution >= 0.6 is 0 Å². The standard InChI is InChI=1S/C20H27NO5/c1-12(2)20(4,24)11-21-18(22)9-8-16-13(3)15-7-6-14(25-5)10-17(15)26-19(16)23/h6-7,10,12,24H,8-9,11H2,1-5H3,(H,21,22)/t20-/m1/s1. The van der Waals surface area contributed by atoms with E-state index in [4.69, 9.17) is 9.15 Å². The van der Waals surface area contributed by atoms with Gasteiger partial charge in [0.25, 0.3) is 0 Å². The fourth-order valence-corrected chi connectivity index (χ4v) is 2.60. The van der Waals surface area contributed by atoms with Crippen LogP contribution in [0.5, 0.6) is 5.75 Å². The second-order valence-corrected chi connectivity index (χ2v) is 7.14. The molecule has 0 aliphatic rings. The van der Waals surface area contributed by atoms with Crippen LogP contribution in [-0.2, 0) is 11.2 Å². The first-order valence-electron chi connectivity index (χ1n) is 8.75. The van der Waals surface area contributed by atoms with Crippen molar-refractivity contribution in [2.45, 2.75) is 46.1 Å². The lowest BCUT2D eigenvalue weighted by Crippen LogP contribution is -2.44. The molecular weight excluding hydrogens is 334 g/mol. The molecule has 142 valence electrons. The highest BCUT2D eigenvalue weighted by molar-refractivity contribution is 5.82. The number of nitrogens with one attached hydrogen (secondary N) is 1. The molecule has 0 aliphatic heterocycles. The van der Waals surface area contributed by atoms with Crippen molar-refractivity contribution in [2.24, 2.45) is 5.92 Å². The highest BCUT2D eigenvalue weighted by Crippen LogP contribution is 2.24. The molecule has 1 aromatic heterocycles. The Morgan fingerprint density at radius 3 is 2.69 bits per heavy atom. The molecule has 0 unspecified atom stereocenters. The van der Waals surface area contributed by atoms with E-state index >= 15 is 0 Å². The van der Waals surface area contributed by atoms with Crippen LogP contribution in [0.15, 0.2) is 27.4 Å². The number of carbonyl (C=O) groups is 1. The number of hydrogen-bond donors (Lipinski definition) is 2. The molecule has 0 saturated carbocycles. The Bertz CT molecular complexity index is 851. The van der Waals surface area contributed by atoms with E-state index < -0.39 is 11.2 Å². The van der Waals surface area contributed by atoms with Crippen molar-refractivity contribution in [1.29, 1.82) is 0 Å². The number of rotatable bonds is 7. The van der Waals surface area contributed by atoms with E-state index in [1.54, 1.807) is 26.2 Å². The summed E-state index contributed by atoms with van der Waals surface area (Å²) in [6, 6.07) is 5.32. The molecule has 2 aromatic rings.